The lowest BCUT2D eigenvalue weighted by atomic mass is 9.81. The van der Waals surface area contributed by atoms with Gasteiger partial charge in [0.25, 0.3) is 23.4 Å². The molecule has 1 heterocycles. The number of non-ortho nitro benzene ring substituents is 1. The number of nitro groups is 1. The zero-order chi connectivity index (χ0) is 23.9. The molecule has 172 valence electrons. The first-order chi connectivity index (χ1) is 15.7. The van der Waals surface area contributed by atoms with Crippen molar-refractivity contribution in [3.05, 3.63) is 75.6 Å². The van der Waals surface area contributed by atoms with Gasteiger partial charge in [0, 0.05) is 32.9 Å². The quantitative estimate of drug-likeness (QED) is 0.227. The topological polar surface area (TPSA) is 101 Å². The van der Waals surface area contributed by atoms with Crippen molar-refractivity contribution in [1.29, 1.82) is 0 Å². The van der Waals surface area contributed by atoms with Crippen molar-refractivity contribution < 1.29 is 23.7 Å². The molecule has 0 bridgehead atoms. The minimum atomic E-state index is -0.737. The number of fused-ring (bicyclic) bond motifs is 1. The van der Waals surface area contributed by atoms with Crippen LogP contribution in [-0.2, 0) is 16.1 Å². The summed E-state index contributed by atoms with van der Waals surface area (Å²) >= 11 is 7.06. The Kier molecular flexibility index (Phi) is 6.62. The number of amides is 3. The Hall–Kier alpha value is -2.66. The molecule has 1 aliphatic carbocycles. The van der Waals surface area contributed by atoms with Gasteiger partial charge in [0.05, 0.1) is 23.3 Å². The first kappa shape index (κ1) is 23.5. The van der Waals surface area contributed by atoms with Gasteiger partial charge in [-0.3, -0.25) is 24.5 Å². The van der Waals surface area contributed by atoms with E-state index < -0.39 is 40.3 Å². The predicted octanol–water partition coefficient (Wildman–Crippen LogP) is 4.21. The number of imide groups is 1. The van der Waals surface area contributed by atoms with Gasteiger partial charge in [0.1, 0.15) is 5.82 Å². The Labute approximate surface area is 205 Å². The van der Waals surface area contributed by atoms with Crippen LogP contribution in [-0.4, -0.2) is 42.3 Å². The van der Waals surface area contributed by atoms with Crippen LogP contribution < -0.4 is 0 Å². The average Bonchev–Trinajstić information content (AvgIpc) is 3.02. The van der Waals surface area contributed by atoms with Crippen molar-refractivity contribution in [2.24, 2.45) is 11.8 Å². The molecule has 0 radical (unpaired) electrons. The lowest BCUT2D eigenvalue weighted by Crippen LogP contribution is -2.50. The maximum atomic E-state index is 14.4. The van der Waals surface area contributed by atoms with Crippen LogP contribution in [0.4, 0.5) is 10.1 Å². The number of nitrogens with zero attached hydrogens (tertiary/aromatic N) is 3. The zero-order valence-electron chi connectivity index (χ0n) is 17.1. The third kappa shape index (κ3) is 4.43. The van der Waals surface area contributed by atoms with E-state index in [0.717, 1.165) is 22.2 Å². The van der Waals surface area contributed by atoms with Crippen molar-refractivity contribution in [3.63, 3.8) is 0 Å². The summed E-state index contributed by atoms with van der Waals surface area (Å²) in [5.74, 6) is -3.54. The minimum Gasteiger partial charge on any atom is -0.272 e. The normalized spacial score (nSPS) is 24.5. The molecule has 11 heteroatoms. The zero-order valence-corrected chi connectivity index (χ0v) is 20.2. The van der Waals surface area contributed by atoms with Crippen LogP contribution in [0, 0.1) is 27.8 Å². The van der Waals surface area contributed by atoms with Gasteiger partial charge < -0.3 is 0 Å². The van der Waals surface area contributed by atoms with E-state index in [2.05, 4.69) is 31.9 Å². The Morgan fingerprint density at radius 3 is 2.09 bits per heavy atom. The van der Waals surface area contributed by atoms with Gasteiger partial charge in [-0.2, -0.15) is 5.01 Å². The molecule has 2 aliphatic rings. The first-order valence-corrected chi connectivity index (χ1v) is 12.0. The van der Waals surface area contributed by atoms with E-state index >= 15 is 0 Å². The van der Waals surface area contributed by atoms with Crippen molar-refractivity contribution >= 4 is 55.3 Å². The molecule has 0 unspecified atom stereocenters. The molecule has 2 aromatic carbocycles. The van der Waals surface area contributed by atoms with Crippen molar-refractivity contribution in [2.45, 2.75) is 29.0 Å². The second-order valence-corrected chi connectivity index (χ2v) is 10.3. The molecular formula is C22H18Br2FN3O5. The average molecular weight is 583 g/mol. The fraction of sp³-hybridized carbons (Fsp3) is 0.318. The van der Waals surface area contributed by atoms with Crippen LogP contribution in [0.15, 0.2) is 48.5 Å². The molecule has 4 rings (SSSR count). The van der Waals surface area contributed by atoms with Gasteiger partial charge in [0.15, 0.2) is 0 Å². The molecule has 8 nitrogen and oxygen atoms in total. The maximum Gasteiger partial charge on any atom is 0.273 e. The lowest BCUT2D eigenvalue weighted by Gasteiger charge is -2.30. The standard InChI is InChI=1S/C22H18Br2FN3O5/c23-17-9-15-16(10-18(17)24)22(31)27(21(15)30)26(11-13-3-1-2-4-19(13)25)20(29)12-5-7-14(8-6-12)28(32)33/h1-8,15-18H,9-11H2/t15-,16-,17-,18+/m1/s1. The predicted molar refractivity (Wildman–Crippen MR) is 123 cm³/mol. The molecular weight excluding hydrogens is 565 g/mol. The molecule has 0 N–H and O–H groups in total. The van der Waals surface area contributed by atoms with E-state index in [1.165, 1.54) is 30.3 Å². The highest BCUT2D eigenvalue weighted by Gasteiger charge is 2.54. The summed E-state index contributed by atoms with van der Waals surface area (Å²) in [4.78, 5) is 50.3. The molecule has 33 heavy (non-hydrogen) atoms. The number of rotatable bonds is 5. The third-order valence-electron chi connectivity index (χ3n) is 5.97. The number of hydrazine groups is 1. The van der Waals surface area contributed by atoms with Crippen molar-refractivity contribution in [1.82, 2.24) is 10.0 Å². The summed E-state index contributed by atoms with van der Waals surface area (Å²) in [6.07, 6.45) is 0.835. The molecule has 3 amide bonds. The fourth-order valence-electron chi connectivity index (χ4n) is 4.21. The summed E-state index contributed by atoms with van der Waals surface area (Å²) in [5.41, 5.74) is -0.0533. The van der Waals surface area contributed by atoms with Gasteiger partial charge in [0.2, 0.25) is 0 Å². The number of benzene rings is 2. The smallest absolute Gasteiger partial charge is 0.272 e. The summed E-state index contributed by atoms with van der Waals surface area (Å²) in [5, 5.41) is 12.7. The summed E-state index contributed by atoms with van der Waals surface area (Å²) in [6, 6.07) is 10.6. The van der Waals surface area contributed by atoms with Crippen LogP contribution in [0.5, 0.6) is 0 Å². The van der Waals surface area contributed by atoms with Gasteiger partial charge in [-0.15, -0.1) is 0 Å². The Morgan fingerprint density at radius 1 is 1.03 bits per heavy atom. The molecule has 1 saturated heterocycles. The molecule has 2 aromatic rings. The number of halogens is 3. The number of alkyl halides is 2. The molecule has 0 spiro atoms. The molecule has 4 atom stereocenters. The molecule has 1 aliphatic heterocycles. The van der Waals surface area contributed by atoms with Crippen LogP contribution in [0.2, 0.25) is 0 Å². The third-order valence-corrected chi connectivity index (χ3v) is 8.70. The Balaban J connectivity index is 1.72. The van der Waals surface area contributed by atoms with E-state index in [0.29, 0.717) is 12.8 Å². The van der Waals surface area contributed by atoms with E-state index in [-0.39, 0.29) is 33.0 Å². The van der Waals surface area contributed by atoms with Gasteiger partial charge in [-0.25, -0.2) is 9.40 Å². The van der Waals surface area contributed by atoms with Crippen molar-refractivity contribution in [2.75, 3.05) is 0 Å². The highest BCUT2D eigenvalue weighted by Crippen LogP contribution is 2.44. The van der Waals surface area contributed by atoms with Crippen LogP contribution in [0.1, 0.15) is 28.8 Å². The van der Waals surface area contributed by atoms with Gasteiger partial charge in [-0.1, -0.05) is 50.1 Å². The Morgan fingerprint density at radius 2 is 1.58 bits per heavy atom. The highest BCUT2D eigenvalue weighted by atomic mass is 79.9. The highest BCUT2D eigenvalue weighted by molar-refractivity contribution is 9.12. The lowest BCUT2D eigenvalue weighted by molar-refractivity contribution is -0.384. The van der Waals surface area contributed by atoms with Crippen molar-refractivity contribution in [3.8, 4) is 0 Å². The first-order valence-electron chi connectivity index (χ1n) is 10.1. The number of carbonyl (C=O) groups excluding carboxylic acids is 3. The maximum absolute atomic E-state index is 14.4. The molecule has 0 aromatic heterocycles. The number of carbonyl (C=O) groups is 3. The number of nitro benzene ring substituents is 1. The van der Waals surface area contributed by atoms with E-state index in [4.69, 9.17) is 0 Å². The SMILES string of the molecule is O=C(c1ccc([N+](=O)[O-])cc1)N(Cc1ccccc1F)N1C(=O)[C@@H]2C[C@@H](Br)[C@@H](Br)C[C@H]2C1=O. The second-order valence-electron chi connectivity index (χ2n) is 7.96. The summed E-state index contributed by atoms with van der Waals surface area (Å²) in [7, 11) is 0. The van der Waals surface area contributed by atoms with E-state index in [1.54, 1.807) is 6.07 Å². The Bertz CT molecular complexity index is 1100. The molecule has 2 fully saturated rings. The summed E-state index contributed by atoms with van der Waals surface area (Å²) < 4.78 is 14.4. The van der Waals surface area contributed by atoms with Crippen LogP contribution in [0.25, 0.3) is 0 Å². The van der Waals surface area contributed by atoms with Crippen LogP contribution >= 0.6 is 31.9 Å². The van der Waals surface area contributed by atoms with E-state index in [1.807, 2.05) is 0 Å². The second kappa shape index (κ2) is 9.30. The minimum absolute atomic E-state index is 0.0131. The number of hydrogen-bond donors (Lipinski definition) is 0. The monoisotopic (exact) mass is 581 g/mol. The van der Waals surface area contributed by atoms with Gasteiger partial charge in [-0.05, 0) is 31.0 Å². The van der Waals surface area contributed by atoms with E-state index in [9.17, 15) is 28.9 Å². The summed E-state index contributed by atoms with van der Waals surface area (Å²) in [6.45, 7) is -0.352. The van der Waals surface area contributed by atoms with Crippen LogP contribution in [0.3, 0.4) is 0 Å². The molecule has 1 saturated carbocycles. The fourth-order valence-corrected chi connectivity index (χ4v) is 5.45. The number of hydrogen-bond acceptors (Lipinski definition) is 5. The largest absolute Gasteiger partial charge is 0.273 e. The van der Waals surface area contributed by atoms with Gasteiger partial charge >= 0.3 is 0 Å².